The Morgan fingerprint density at radius 3 is 1.81 bits per heavy atom. The van der Waals surface area contributed by atoms with Crippen LogP contribution in [0.1, 0.15) is 53.8 Å². The fourth-order valence-electron chi connectivity index (χ4n) is 5.49. The summed E-state index contributed by atoms with van der Waals surface area (Å²) in [6.45, 7) is 4.66. The number of carboxylic acids is 3. The van der Waals surface area contributed by atoms with Crippen molar-refractivity contribution in [1.82, 2.24) is 25.5 Å². The molecule has 1 saturated carbocycles. The number of nitrogens with zero attached hydrogens (tertiary/aromatic N) is 3. The van der Waals surface area contributed by atoms with Gasteiger partial charge in [0.2, 0.25) is 5.82 Å². The molecule has 2 unspecified atom stereocenters. The molecule has 5 rings (SSSR count). The normalized spacial score (nSPS) is 18.1. The number of halogens is 9. The van der Waals surface area contributed by atoms with E-state index in [1.54, 1.807) is 0 Å². The Morgan fingerprint density at radius 2 is 1.31 bits per heavy atom. The summed E-state index contributed by atoms with van der Waals surface area (Å²) in [7, 11) is 0. The molecule has 2 aliphatic rings. The van der Waals surface area contributed by atoms with Crippen molar-refractivity contribution >= 4 is 46.5 Å². The second-order valence-electron chi connectivity index (χ2n) is 12.7. The maximum atomic E-state index is 13.3. The lowest BCUT2D eigenvalue weighted by molar-refractivity contribution is -0.193. The van der Waals surface area contributed by atoms with Crippen LogP contribution in [-0.4, -0.2) is 110 Å². The number of nitrogens with one attached hydrogen (secondary N) is 4. The number of aryl methyl sites for hydroxylation is 1. The molecule has 0 bridgehead atoms. The number of aliphatic carboxylic acids is 3. The summed E-state index contributed by atoms with van der Waals surface area (Å²) in [4.78, 5) is 51.7. The highest BCUT2D eigenvalue weighted by molar-refractivity contribution is 5.97. The van der Waals surface area contributed by atoms with Crippen LogP contribution in [0.3, 0.4) is 0 Å². The van der Waals surface area contributed by atoms with Crippen molar-refractivity contribution in [1.29, 1.82) is 5.41 Å². The SMILES string of the molecule is Cc1ccc2nc(C(=O)N[C@H]3CCN(Cc4ccccc4)C3)nc(NC3CCCCC3NC(=N)N)c2c1.O=C(O)C(F)(F)F.O=C(O)C(F)(F)F.O=C(O)C(F)(F)F. The minimum Gasteiger partial charge on any atom is -0.475 e. The Labute approximate surface area is 323 Å². The maximum absolute atomic E-state index is 13.3. The number of benzene rings is 2. The predicted molar refractivity (Wildman–Crippen MR) is 188 cm³/mol. The molecule has 9 N–H and O–H groups in total. The van der Waals surface area contributed by atoms with Crippen LogP contribution in [0.5, 0.6) is 0 Å². The molecule has 0 spiro atoms. The van der Waals surface area contributed by atoms with Gasteiger partial charge in [-0.05, 0) is 43.9 Å². The first-order chi connectivity index (χ1) is 26.8. The lowest BCUT2D eigenvalue weighted by Crippen LogP contribution is -2.50. The van der Waals surface area contributed by atoms with Crippen LogP contribution < -0.4 is 21.7 Å². The third-order valence-corrected chi connectivity index (χ3v) is 8.07. The molecule has 58 heavy (non-hydrogen) atoms. The highest BCUT2D eigenvalue weighted by Gasteiger charge is 2.39. The molecule has 1 aliphatic heterocycles. The number of amides is 1. The van der Waals surface area contributed by atoms with Gasteiger partial charge in [-0.2, -0.15) is 39.5 Å². The van der Waals surface area contributed by atoms with Gasteiger partial charge in [0.1, 0.15) is 5.82 Å². The van der Waals surface area contributed by atoms with Crippen LogP contribution in [0.15, 0.2) is 48.5 Å². The second-order valence-corrected chi connectivity index (χ2v) is 12.7. The van der Waals surface area contributed by atoms with Gasteiger partial charge in [0, 0.05) is 43.1 Å². The number of likely N-dealkylation sites (tertiary alicyclic amines) is 1. The summed E-state index contributed by atoms with van der Waals surface area (Å²) < 4.78 is 95.2. The summed E-state index contributed by atoms with van der Waals surface area (Å²) >= 11 is 0. The minimum absolute atomic E-state index is 0.0278. The number of hydrogen-bond acceptors (Lipinski definition) is 9. The van der Waals surface area contributed by atoms with E-state index in [0.29, 0.717) is 5.82 Å². The van der Waals surface area contributed by atoms with Crippen LogP contribution in [-0.2, 0) is 20.9 Å². The van der Waals surface area contributed by atoms with Crippen molar-refractivity contribution in [3.8, 4) is 0 Å². The third-order valence-electron chi connectivity index (χ3n) is 8.07. The number of aromatic nitrogens is 2. The van der Waals surface area contributed by atoms with Crippen molar-refractivity contribution in [2.75, 3.05) is 18.4 Å². The summed E-state index contributed by atoms with van der Waals surface area (Å²) in [6, 6.07) is 16.5. The molecule has 3 atom stereocenters. The largest absolute Gasteiger partial charge is 0.490 e. The van der Waals surface area contributed by atoms with Crippen molar-refractivity contribution in [3.05, 3.63) is 65.5 Å². The lowest BCUT2D eigenvalue weighted by atomic mass is 9.90. The predicted octanol–water partition coefficient (Wildman–Crippen LogP) is 5.05. The monoisotopic (exact) mass is 842 g/mol. The first-order valence-electron chi connectivity index (χ1n) is 16.9. The highest BCUT2D eigenvalue weighted by atomic mass is 19.4. The summed E-state index contributed by atoms with van der Waals surface area (Å²) in [5.41, 5.74) is 8.76. The molecule has 1 aliphatic carbocycles. The number of nitrogens with two attached hydrogens (primary N) is 1. The highest BCUT2D eigenvalue weighted by Crippen LogP contribution is 2.27. The van der Waals surface area contributed by atoms with E-state index in [4.69, 9.17) is 45.8 Å². The molecular formula is C34H39F9N8O7. The number of fused-ring (bicyclic) bond motifs is 1. The minimum atomic E-state index is -5.08. The quantitative estimate of drug-likeness (QED) is 0.0884. The van der Waals surface area contributed by atoms with Crippen molar-refractivity contribution in [2.45, 2.75) is 82.2 Å². The maximum Gasteiger partial charge on any atom is 0.490 e. The molecule has 2 aromatic carbocycles. The third kappa shape index (κ3) is 16.7. The molecule has 1 saturated heterocycles. The number of carboxylic acid groups (broad SMARTS) is 3. The van der Waals surface area contributed by atoms with Crippen LogP contribution in [0.25, 0.3) is 10.9 Å². The van der Waals surface area contributed by atoms with Crippen molar-refractivity contribution in [2.24, 2.45) is 5.73 Å². The Kier molecular flexibility index (Phi) is 17.5. The number of anilines is 1. The van der Waals surface area contributed by atoms with Crippen LogP contribution in [0, 0.1) is 12.3 Å². The summed E-state index contributed by atoms with van der Waals surface area (Å²) in [5.74, 6) is -7.72. The number of guanidine groups is 1. The molecule has 320 valence electrons. The fourth-order valence-corrected chi connectivity index (χ4v) is 5.49. The van der Waals surface area contributed by atoms with Gasteiger partial charge in [-0.25, -0.2) is 24.4 Å². The zero-order valence-electron chi connectivity index (χ0n) is 30.3. The molecule has 1 aromatic heterocycles. The molecule has 1 amide bonds. The van der Waals surface area contributed by atoms with E-state index in [1.165, 1.54) is 5.56 Å². The van der Waals surface area contributed by atoms with Gasteiger partial charge >= 0.3 is 36.4 Å². The Balaban J connectivity index is 0.000000453. The Bertz CT molecular complexity index is 1820. The van der Waals surface area contributed by atoms with Crippen LogP contribution >= 0.6 is 0 Å². The van der Waals surface area contributed by atoms with E-state index in [1.807, 2.05) is 31.2 Å². The molecule has 3 aromatic rings. The van der Waals surface area contributed by atoms with Crippen LogP contribution in [0.2, 0.25) is 0 Å². The number of alkyl halides is 9. The average molecular weight is 843 g/mol. The lowest BCUT2D eigenvalue weighted by Gasteiger charge is -2.33. The Morgan fingerprint density at radius 1 is 0.793 bits per heavy atom. The van der Waals surface area contributed by atoms with Gasteiger partial charge in [0.15, 0.2) is 5.96 Å². The standard InChI is InChI=1S/C28H36N8O.3C2HF3O2/c1-18-11-12-22-21(15-18)25(33-23-9-5-6-10-24(23)34-28(29)30)35-26(32-22)27(37)31-20-13-14-36(17-20)16-19-7-3-2-4-8-19;3*3-2(4,5)1(6)7/h2-4,7-8,11-12,15,20,23-24H,5-6,9-10,13-14,16-17H2,1H3,(H,31,37)(H4,29,30,34)(H,32,33,35);3*(H,6,7)/t20-,23?,24?;;;/m0.../s1. The molecule has 2 fully saturated rings. The van der Waals surface area contributed by atoms with Gasteiger partial charge in [-0.3, -0.25) is 15.1 Å². The summed E-state index contributed by atoms with van der Waals surface area (Å²) in [5, 5.41) is 39.8. The number of carbonyl (C=O) groups is 4. The zero-order chi connectivity index (χ0) is 44.0. The summed E-state index contributed by atoms with van der Waals surface area (Å²) in [6.07, 6.45) is -10.3. The molecule has 24 heteroatoms. The van der Waals surface area contributed by atoms with Gasteiger partial charge in [0.05, 0.1) is 5.52 Å². The topological polar surface area (TPSA) is 244 Å². The van der Waals surface area contributed by atoms with E-state index in [2.05, 4.69) is 50.1 Å². The van der Waals surface area contributed by atoms with Crippen molar-refractivity contribution < 1.29 is 74.0 Å². The number of rotatable bonds is 7. The van der Waals surface area contributed by atoms with Gasteiger partial charge in [-0.15, -0.1) is 0 Å². The fraction of sp³-hybridized carbons (Fsp3) is 0.441. The van der Waals surface area contributed by atoms with Gasteiger partial charge in [-0.1, -0.05) is 54.8 Å². The number of carbonyl (C=O) groups excluding carboxylic acids is 1. The number of hydrogen-bond donors (Lipinski definition) is 8. The molecule has 0 radical (unpaired) electrons. The molecule has 15 nitrogen and oxygen atoms in total. The first-order valence-corrected chi connectivity index (χ1v) is 16.9. The Hall–Kier alpha value is -5.94. The van der Waals surface area contributed by atoms with E-state index < -0.39 is 36.4 Å². The zero-order valence-corrected chi connectivity index (χ0v) is 30.3. The first kappa shape index (κ1) is 48.2. The smallest absolute Gasteiger partial charge is 0.475 e. The van der Waals surface area contributed by atoms with E-state index in [9.17, 15) is 44.3 Å². The van der Waals surface area contributed by atoms with E-state index in [0.717, 1.165) is 68.2 Å². The van der Waals surface area contributed by atoms with Gasteiger partial charge < -0.3 is 37.0 Å². The average Bonchev–Trinajstić information content (AvgIpc) is 3.55. The molecular weight excluding hydrogens is 803 g/mol. The van der Waals surface area contributed by atoms with Crippen LogP contribution in [0.4, 0.5) is 45.3 Å². The van der Waals surface area contributed by atoms with Crippen molar-refractivity contribution in [3.63, 3.8) is 0 Å². The second kappa shape index (κ2) is 21.0. The van der Waals surface area contributed by atoms with E-state index >= 15 is 0 Å². The van der Waals surface area contributed by atoms with Gasteiger partial charge in [0.25, 0.3) is 5.91 Å². The van der Waals surface area contributed by atoms with E-state index in [-0.39, 0.29) is 35.8 Å². The molecule has 2 heterocycles.